The summed E-state index contributed by atoms with van der Waals surface area (Å²) in [5, 5.41) is 22.7. The molecule has 9 heteroatoms. The molecule has 8 nitrogen and oxygen atoms in total. The number of aromatic hydroxyl groups is 1. The molecule has 1 amide bonds. The summed E-state index contributed by atoms with van der Waals surface area (Å²) >= 11 is 0. The molecule has 0 saturated carbocycles. The fourth-order valence-electron chi connectivity index (χ4n) is 2.46. The molecular weight excluding hydrogens is 312 g/mol. The van der Waals surface area contributed by atoms with Gasteiger partial charge in [-0.3, -0.25) is 4.79 Å². The largest absolute Gasteiger partial charge is 0.508 e. The summed E-state index contributed by atoms with van der Waals surface area (Å²) in [6.45, 7) is -0.243. The molecule has 4 N–H and O–H groups in total. The summed E-state index contributed by atoms with van der Waals surface area (Å²) in [6, 6.07) is 4.81. The van der Waals surface area contributed by atoms with Crippen molar-refractivity contribution < 1.29 is 28.2 Å². The predicted molar refractivity (Wildman–Crippen MR) is 76.5 cm³/mol. The SMILES string of the molecule is NS(=O)(=O)C1CC(=O)N([C@@H](Cc2cccc(O)c2)C(=O)O)C1. The summed E-state index contributed by atoms with van der Waals surface area (Å²) in [5.41, 5.74) is 0.527. The lowest BCUT2D eigenvalue weighted by molar-refractivity contribution is -0.148. The van der Waals surface area contributed by atoms with Gasteiger partial charge in [-0.15, -0.1) is 0 Å². The number of likely N-dealkylation sites (tertiary alicyclic amines) is 1. The predicted octanol–water partition coefficient (Wildman–Crippen LogP) is -0.723. The highest BCUT2D eigenvalue weighted by atomic mass is 32.2. The fraction of sp³-hybridized carbons (Fsp3) is 0.385. The molecule has 1 aromatic rings. The van der Waals surface area contributed by atoms with Gasteiger partial charge in [-0.1, -0.05) is 12.1 Å². The summed E-state index contributed by atoms with van der Waals surface area (Å²) in [7, 11) is -3.90. The van der Waals surface area contributed by atoms with Gasteiger partial charge in [-0.2, -0.15) is 0 Å². The first-order valence-corrected chi connectivity index (χ1v) is 8.11. The second-order valence-corrected chi connectivity index (χ2v) is 7.03. The second-order valence-electron chi connectivity index (χ2n) is 5.19. The number of primary sulfonamides is 1. The van der Waals surface area contributed by atoms with Gasteiger partial charge in [0.2, 0.25) is 15.9 Å². The molecule has 2 atom stereocenters. The molecule has 0 aromatic heterocycles. The van der Waals surface area contributed by atoms with Crippen LogP contribution in [0.1, 0.15) is 12.0 Å². The van der Waals surface area contributed by atoms with Crippen LogP contribution in [0, 0.1) is 0 Å². The van der Waals surface area contributed by atoms with Gasteiger partial charge >= 0.3 is 5.97 Å². The lowest BCUT2D eigenvalue weighted by Gasteiger charge is -2.24. The summed E-state index contributed by atoms with van der Waals surface area (Å²) in [5.74, 6) is -1.82. The number of hydrogen-bond acceptors (Lipinski definition) is 5. The van der Waals surface area contributed by atoms with Crippen LogP contribution in [0.2, 0.25) is 0 Å². The minimum absolute atomic E-state index is 0.0169. The van der Waals surface area contributed by atoms with Gasteiger partial charge in [-0.05, 0) is 17.7 Å². The average molecular weight is 328 g/mol. The number of carboxylic acid groups (broad SMARTS) is 1. The van der Waals surface area contributed by atoms with Crippen molar-refractivity contribution in [2.45, 2.75) is 24.1 Å². The minimum atomic E-state index is -3.90. The number of sulfonamides is 1. The highest BCUT2D eigenvalue weighted by Gasteiger charge is 2.41. The van der Waals surface area contributed by atoms with E-state index < -0.39 is 33.2 Å². The lowest BCUT2D eigenvalue weighted by atomic mass is 10.0. The molecule has 1 aliphatic rings. The summed E-state index contributed by atoms with van der Waals surface area (Å²) in [6.07, 6.45) is -0.352. The Morgan fingerprint density at radius 3 is 2.64 bits per heavy atom. The molecule has 22 heavy (non-hydrogen) atoms. The van der Waals surface area contributed by atoms with Gasteiger partial charge < -0.3 is 15.1 Å². The third kappa shape index (κ3) is 3.55. The van der Waals surface area contributed by atoms with Crippen LogP contribution in [-0.2, 0) is 26.0 Å². The van der Waals surface area contributed by atoms with Crippen molar-refractivity contribution >= 4 is 21.9 Å². The first kappa shape index (κ1) is 16.2. The van der Waals surface area contributed by atoms with Gasteiger partial charge in [0.15, 0.2) is 0 Å². The number of aliphatic carboxylic acids is 1. The van der Waals surface area contributed by atoms with E-state index in [-0.39, 0.29) is 25.1 Å². The Bertz CT molecular complexity index is 702. The highest BCUT2D eigenvalue weighted by molar-refractivity contribution is 7.89. The lowest BCUT2D eigenvalue weighted by Crippen LogP contribution is -2.44. The van der Waals surface area contributed by atoms with Crippen molar-refractivity contribution in [3.05, 3.63) is 29.8 Å². The van der Waals surface area contributed by atoms with Gasteiger partial charge in [0.25, 0.3) is 0 Å². The van der Waals surface area contributed by atoms with Crippen molar-refractivity contribution in [2.75, 3.05) is 6.54 Å². The maximum absolute atomic E-state index is 11.9. The molecule has 1 fully saturated rings. The zero-order chi connectivity index (χ0) is 16.5. The highest BCUT2D eigenvalue weighted by Crippen LogP contribution is 2.22. The van der Waals surface area contributed by atoms with E-state index in [1.54, 1.807) is 12.1 Å². The maximum atomic E-state index is 11.9. The summed E-state index contributed by atoms with van der Waals surface area (Å²) < 4.78 is 22.7. The Labute approximate surface area is 127 Å². The number of amides is 1. The van der Waals surface area contributed by atoms with E-state index in [9.17, 15) is 28.2 Å². The van der Waals surface area contributed by atoms with E-state index in [1.165, 1.54) is 12.1 Å². The smallest absolute Gasteiger partial charge is 0.326 e. The molecule has 2 rings (SSSR count). The third-order valence-electron chi connectivity index (χ3n) is 3.59. The van der Waals surface area contributed by atoms with Crippen molar-refractivity contribution in [3.8, 4) is 5.75 Å². The molecule has 0 spiro atoms. The summed E-state index contributed by atoms with van der Waals surface area (Å²) in [4.78, 5) is 24.4. The number of rotatable bonds is 5. The van der Waals surface area contributed by atoms with Crippen molar-refractivity contribution in [2.24, 2.45) is 5.14 Å². The zero-order valence-corrected chi connectivity index (χ0v) is 12.4. The topological polar surface area (TPSA) is 138 Å². The number of benzene rings is 1. The van der Waals surface area contributed by atoms with E-state index in [1.807, 2.05) is 0 Å². The minimum Gasteiger partial charge on any atom is -0.508 e. The van der Waals surface area contributed by atoms with Crippen LogP contribution in [0.3, 0.4) is 0 Å². The van der Waals surface area contributed by atoms with Crippen molar-refractivity contribution in [3.63, 3.8) is 0 Å². The molecule has 1 saturated heterocycles. The Hall–Kier alpha value is -2.13. The van der Waals surface area contributed by atoms with Gasteiger partial charge in [0, 0.05) is 19.4 Å². The first-order chi connectivity index (χ1) is 10.2. The van der Waals surface area contributed by atoms with E-state index in [2.05, 4.69) is 0 Å². The number of phenols is 1. The van der Waals surface area contributed by atoms with Gasteiger partial charge in [0.05, 0.1) is 0 Å². The molecule has 1 unspecified atom stereocenters. The maximum Gasteiger partial charge on any atom is 0.326 e. The van der Waals surface area contributed by atoms with Crippen LogP contribution in [0.4, 0.5) is 0 Å². The van der Waals surface area contributed by atoms with E-state index in [0.717, 1.165) is 4.90 Å². The number of phenolic OH excluding ortho intramolecular Hbond substituents is 1. The molecule has 120 valence electrons. The Morgan fingerprint density at radius 1 is 1.45 bits per heavy atom. The molecular formula is C13H16N2O6S. The van der Waals surface area contributed by atoms with Crippen LogP contribution >= 0.6 is 0 Å². The number of carboxylic acids is 1. The molecule has 0 aliphatic carbocycles. The zero-order valence-electron chi connectivity index (χ0n) is 11.5. The van der Waals surface area contributed by atoms with Crippen LogP contribution in [0.15, 0.2) is 24.3 Å². The van der Waals surface area contributed by atoms with Crippen LogP contribution in [0.25, 0.3) is 0 Å². The number of nitrogens with zero attached hydrogens (tertiary/aromatic N) is 1. The normalized spacial score (nSPS) is 20.1. The second kappa shape index (κ2) is 5.93. The van der Waals surface area contributed by atoms with Crippen LogP contribution < -0.4 is 5.14 Å². The van der Waals surface area contributed by atoms with E-state index in [0.29, 0.717) is 5.56 Å². The van der Waals surface area contributed by atoms with Gasteiger partial charge in [0.1, 0.15) is 17.0 Å². The number of hydrogen-bond donors (Lipinski definition) is 3. The standard InChI is InChI=1S/C13H16N2O6S/c14-22(20,21)10-6-12(17)15(7-10)11(13(18)19)5-8-2-1-3-9(16)4-8/h1-4,10-11,16H,5-7H2,(H,18,19)(H2,14,20,21)/t10?,11-/m0/s1. The quantitative estimate of drug-likeness (QED) is 0.652. The monoisotopic (exact) mass is 328 g/mol. The van der Waals surface area contributed by atoms with Crippen molar-refractivity contribution in [1.29, 1.82) is 0 Å². The third-order valence-corrected chi connectivity index (χ3v) is 4.83. The molecule has 0 bridgehead atoms. The van der Waals surface area contributed by atoms with Crippen molar-refractivity contribution in [1.82, 2.24) is 4.90 Å². The Balaban J connectivity index is 2.22. The van der Waals surface area contributed by atoms with E-state index in [4.69, 9.17) is 5.14 Å². The number of nitrogens with two attached hydrogens (primary N) is 1. The average Bonchev–Trinajstić information content (AvgIpc) is 2.77. The first-order valence-electron chi connectivity index (χ1n) is 6.50. The molecule has 0 radical (unpaired) electrons. The number of carbonyl (C=O) groups excluding carboxylic acids is 1. The van der Waals surface area contributed by atoms with Gasteiger partial charge in [-0.25, -0.2) is 18.4 Å². The Morgan fingerprint density at radius 2 is 2.14 bits per heavy atom. The van der Waals surface area contributed by atoms with Crippen LogP contribution in [0.5, 0.6) is 5.75 Å². The number of carbonyl (C=O) groups is 2. The Kier molecular flexibility index (Phi) is 4.38. The molecule has 1 aromatic carbocycles. The molecule has 1 heterocycles. The fourth-order valence-corrected chi connectivity index (χ4v) is 3.20. The molecule has 1 aliphatic heterocycles. The van der Waals surface area contributed by atoms with Crippen LogP contribution in [-0.4, -0.2) is 53.2 Å². The van der Waals surface area contributed by atoms with E-state index >= 15 is 0 Å².